The zero-order chi connectivity index (χ0) is 33.4. The van der Waals surface area contributed by atoms with Gasteiger partial charge in [-0.1, -0.05) is 140 Å². The summed E-state index contributed by atoms with van der Waals surface area (Å²) in [6.07, 6.45) is 49.5. The molecule has 0 unspecified atom stereocenters. The number of unbranched alkanes of at least 4 members (excludes halogenated alkanes) is 19. The average molecular weight is 643 g/mol. The predicted molar refractivity (Wildman–Crippen MR) is 199 cm³/mol. The van der Waals surface area contributed by atoms with E-state index in [9.17, 15) is 9.59 Å². The van der Waals surface area contributed by atoms with Crippen LogP contribution in [0.1, 0.15) is 194 Å². The Balaban J connectivity index is 3.36. The summed E-state index contributed by atoms with van der Waals surface area (Å²) in [6.45, 7) is 5.53. The molecule has 0 aromatic heterocycles. The van der Waals surface area contributed by atoms with Crippen molar-refractivity contribution in [2.45, 2.75) is 194 Å². The van der Waals surface area contributed by atoms with Crippen LogP contribution in [0.3, 0.4) is 0 Å². The van der Waals surface area contributed by atoms with E-state index >= 15 is 0 Å². The third-order valence-electron chi connectivity index (χ3n) is 8.23. The molecule has 0 atom stereocenters. The van der Waals surface area contributed by atoms with Crippen LogP contribution in [0.25, 0.3) is 0 Å². The van der Waals surface area contributed by atoms with Crippen LogP contribution in [0.15, 0.2) is 48.6 Å². The van der Waals surface area contributed by atoms with Gasteiger partial charge in [0.05, 0.1) is 13.2 Å². The molecule has 0 bridgehead atoms. The molecule has 0 radical (unpaired) electrons. The van der Waals surface area contributed by atoms with Crippen LogP contribution < -0.4 is 0 Å². The van der Waals surface area contributed by atoms with E-state index in [0.717, 1.165) is 38.5 Å². The lowest BCUT2D eigenvalue weighted by Crippen LogP contribution is -2.08. The van der Waals surface area contributed by atoms with Gasteiger partial charge in [0, 0.05) is 12.8 Å². The minimum atomic E-state index is -0.141. The van der Waals surface area contributed by atoms with Gasteiger partial charge < -0.3 is 9.47 Å². The maximum Gasteiger partial charge on any atom is 0.305 e. The van der Waals surface area contributed by atoms with Crippen LogP contribution in [0.2, 0.25) is 0 Å². The Morgan fingerprint density at radius 2 is 0.674 bits per heavy atom. The molecule has 0 heterocycles. The van der Waals surface area contributed by atoms with E-state index in [1.165, 1.54) is 116 Å². The first-order valence-electron chi connectivity index (χ1n) is 19.6. The maximum atomic E-state index is 11.9. The van der Waals surface area contributed by atoms with E-state index in [2.05, 4.69) is 62.5 Å². The van der Waals surface area contributed by atoms with Gasteiger partial charge in [-0.2, -0.15) is 0 Å². The smallest absolute Gasteiger partial charge is 0.305 e. The molecule has 0 aliphatic carbocycles. The molecule has 0 N–H and O–H groups in total. The summed E-state index contributed by atoms with van der Waals surface area (Å²) < 4.78 is 10.7. The summed E-state index contributed by atoms with van der Waals surface area (Å²) in [5, 5.41) is 0. The zero-order valence-corrected chi connectivity index (χ0v) is 30.5. The fourth-order valence-corrected chi connectivity index (χ4v) is 5.24. The van der Waals surface area contributed by atoms with Crippen LogP contribution in [0, 0.1) is 0 Å². The number of hydrogen-bond donors (Lipinski definition) is 0. The lowest BCUT2D eigenvalue weighted by Gasteiger charge is -2.06. The van der Waals surface area contributed by atoms with Crippen molar-refractivity contribution in [3.05, 3.63) is 48.6 Å². The van der Waals surface area contributed by atoms with Crippen molar-refractivity contribution in [1.82, 2.24) is 0 Å². The molecule has 0 aromatic rings. The zero-order valence-electron chi connectivity index (χ0n) is 30.5. The second kappa shape index (κ2) is 39.1. The van der Waals surface area contributed by atoms with E-state index in [-0.39, 0.29) is 11.9 Å². The highest BCUT2D eigenvalue weighted by Crippen LogP contribution is 2.11. The van der Waals surface area contributed by atoms with Crippen molar-refractivity contribution >= 4 is 11.9 Å². The number of ether oxygens (including phenoxy) is 2. The largest absolute Gasteiger partial charge is 0.466 e. The topological polar surface area (TPSA) is 52.6 Å². The van der Waals surface area contributed by atoms with Crippen molar-refractivity contribution in [3.8, 4) is 0 Å². The molecule has 0 rings (SSSR count). The Morgan fingerprint density at radius 1 is 0.370 bits per heavy atom. The maximum absolute atomic E-state index is 11.9. The highest BCUT2D eigenvalue weighted by Gasteiger charge is 2.06. The average Bonchev–Trinajstić information content (AvgIpc) is 3.06. The van der Waals surface area contributed by atoms with Gasteiger partial charge in [-0.15, -0.1) is 0 Å². The number of hydrogen-bond acceptors (Lipinski definition) is 4. The quantitative estimate of drug-likeness (QED) is 0.0392. The highest BCUT2D eigenvalue weighted by molar-refractivity contribution is 5.70. The van der Waals surface area contributed by atoms with E-state index in [1.807, 2.05) is 0 Å². The first kappa shape index (κ1) is 43.9. The Kier molecular flexibility index (Phi) is 37.3. The van der Waals surface area contributed by atoms with E-state index in [4.69, 9.17) is 9.47 Å². The molecule has 0 fully saturated rings. The summed E-state index contributed by atoms with van der Waals surface area (Å²) in [7, 11) is 0. The van der Waals surface area contributed by atoms with Gasteiger partial charge in [0.25, 0.3) is 0 Å². The molecule has 0 saturated heterocycles. The second-order valence-corrected chi connectivity index (χ2v) is 12.8. The van der Waals surface area contributed by atoms with Gasteiger partial charge in [0.15, 0.2) is 0 Å². The van der Waals surface area contributed by atoms with Gasteiger partial charge in [-0.05, 0) is 89.9 Å². The number of carbonyl (C=O) groups is 2. The Labute approximate surface area is 285 Å². The molecule has 46 heavy (non-hydrogen) atoms. The van der Waals surface area contributed by atoms with Crippen molar-refractivity contribution in [1.29, 1.82) is 0 Å². The van der Waals surface area contributed by atoms with Crippen LogP contribution in [-0.2, 0) is 19.1 Å². The van der Waals surface area contributed by atoms with Gasteiger partial charge in [-0.3, -0.25) is 9.59 Å². The molecular weight excluding hydrogens is 568 g/mol. The number of carbonyl (C=O) groups excluding carboxylic acids is 2. The van der Waals surface area contributed by atoms with Crippen LogP contribution >= 0.6 is 0 Å². The van der Waals surface area contributed by atoms with Crippen molar-refractivity contribution in [2.75, 3.05) is 13.2 Å². The summed E-state index contributed by atoms with van der Waals surface area (Å²) in [4.78, 5) is 23.9. The summed E-state index contributed by atoms with van der Waals surface area (Å²) >= 11 is 0. The molecule has 0 saturated carbocycles. The molecule has 0 spiro atoms. The standard InChI is InChI=1S/C42H74O4/c1-3-5-7-9-11-13-15-17-19-21-23-25-27-29-31-35-39-45-41(43)37-33-34-38-42(44)46-40-36-32-30-28-26-24-22-20-18-16-14-12-10-8-6-4-2/h11-14,17-20H,3-10,15-16,21-40H2,1-2H3/b13-11-,14-12-,19-17-,20-18-. The van der Waals surface area contributed by atoms with Crippen molar-refractivity contribution in [3.63, 3.8) is 0 Å². The Morgan fingerprint density at radius 3 is 1.02 bits per heavy atom. The van der Waals surface area contributed by atoms with Gasteiger partial charge in [-0.25, -0.2) is 0 Å². The molecular formula is C42H74O4. The normalized spacial score (nSPS) is 12.0. The SMILES string of the molecule is CCCCC/C=C\C/C=C\CCCCCCCCOC(=O)CCCCC(=O)OCCCCCCCC/C=C\C/C=C\CCCCC. The van der Waals surface area contributed by atoms with Crippen LogP contribution in [0.5, 0.6) is 0 Å². The van der Waals surface area contributed by atoms with Crippen molar-refractivity contribution in [2.24, 2.45) is 0 Å². The number of esters is 2. The van der Waals surface area contributed by atoms with Gasteiger partial charge >= 0.3 is 11.9 Å². The van der Waals surface area contributed by atoms with E-state index in [1.54, 1.807) is 0 Å². The predicted octanol–water partition coefficient (Wildman–Crippen LogP) is 13.3. The number of allylic oxidation sites excluding steroid dienone is 8. The van der Waals surface area contributed by atoms with Crippen LogP contribution in [-0.4, -0.2) is 25.2 Å². The minimum Gasteiger partial charge on any atom is -0.466 e. The first-order valence-corrected chi connectivity index (χ1v) is 19.6. The molecule has 266 valence electrons. The van der Waals surface area contributed by atoms with Crippen LogP contribution in [0.4, 0.5) is 0 Å². The second-order valence-electron chi connectivity index (χ2n) is 12.8. The molecule has 4 heteroatoms. The molecule has 0 aromatic carbocycles. The van der Waals surface area contributed by atoms with Crippen molar-refractivity contribution < 1.29 is 19.1 Å². The molecule has 0 aliphatic rings. The summed E-state index contributed by atoms with van der Waals surface area (Å²) in [6, 6.07) is 0. The summed E-state index contributed by atoms with van der Waals surface area (Å²) in [5.74, 6) is -0.283. The third kappa shape index (κ3) is 38.1. The number of rotatable bonds is 35. The lowest BCUT2D eigenvalue weighted by molar-refractivity contribution is -0.146. The summed E-state index contributed by atoms with van der Waals surface area (Å²) in [5.41, 5.74) is 0. The monoisotopic (exact) mass is 643 g/mol. The Hall–Kier alpha value is -2.10. The van der Waals surface area contributed by atoms with E-state index in [0.29, 0.717) is 38.9 Å². The Bertz CT molecular complexity index is 700. The molecule has 0 amide bonds. The highest BCUT2D eigenvalue weighted by atomic mass is 16.5. The fourth-order valence-electron chi connectivity index (χ4n) is 5.24. The van der Waals surface area contributed by atoms with Gasteiger partial charge in [0.2, 0.25) is 0 Å². The third-order valence-corrected chi connectivity index (χ3v) is 8.23. The van der Waals surface area contributed by atoms with Gasteiger partial charge in [0.1, 0.15) is 0 Å². The fraction of sp³-hybridized carbons (Fsp3) is 0.762. The molecule has 4 nitrogen and oxygen atoms in total. The first-order chi connectivity index (χ1) is 22.7. The lowest BCUT2D eigenvalue weighted by atomic mass is 10.1. The molecule has 0 aliphatic heterocycles. The van der Waals surface area contributed by atoms with E-state index < -0.39 is 0 Å². The minimum absolute atomic E-state index is 0.141.